The van der Waals surface area contributed by atoms with E-state index in [1.165, 1.54) is 12.1 Å². The molecule has 2 aromatic rings. The average Bonchev–Trinajstić information content (AvgIpc) is 2.49. The second kappa shape index (κ2) is 6.91. The van der Waals surface area contributed by atoms with Gasteiger partial charge in [0.05, 0.1) is 14.2 Å². The number of rotatable bonds is 6. The highest BCUT2D eigenvalue weighted by atomic mass is 19.1. The van der Waals surface area contributed by atoms with Crippen LogP contribution in [0.5, 0.6) is 11.5 Å². The van der Waals surface area contributed by atoms with E-state index < -0.39 is 0 Å². The van der Waals surface area contributed by atoms with Crippen LogP contribution in [0.3, 0.4) is 0 Å². The van der Waals surface area contributed by atoms with Crippen molar-refractivity contribution in [3.63, 3.8) is 0 Å². The Morgan fingerprint density at radius 3 is 1.95 bits per heavy atom. The number of hydrogen-bond acceptors (Lipinski definition) is 3. The molecule has 0 amide bonds. The second-order valence-electron chi connectivity index (χ2n) is 4.45. The highest BCUT2D eigenvalue weighted by molar-refractivity contribution is 5.38. The summed E-state index contributed by atoms with van der Waals surface area (Å²) in [6, 6.07) is 12.2. The lowest BCUT2D eigenvalue weighted by Crippen LogP contribution is -2.12. The molecule has 2 aromatic carbocycles. The summed E-state index contributed by atoms with van der Waals surface area (Å²) in [5.74, 6) is 1.32. The maximum Gasteiger partial charge on any atom is 0.123 e. The summed E-state index contributed by atoms with van der Waals surface area (Å²) in [4.78, 5) is 0. The van der Waals surface area contributed by atoms with Gasteiger partial charge in [-0.15, -0.1) is 0 Å². The lowest BCUT2D eigenvalue weighted by molar-refractivity contribution is 0.393. The zero-order valence-corrected chi connectivity index (χ0v) is 11.7. The summed E-state index contributed by atoms with van der Waals surface area (Å²) in [5.41, 5.74) is 2.12. The second-order valence-corrected chi connectivity index (χ2v) is 4.45. The zero-order chi connectivity index (χ0) is 14.4. The molecular formula is C16H18FNO2. The van der Waals surface area contributed by atoms with E-state index in [0.29, 0.717) is 13.1 Å². The number of halogens is 1. The Morgan fingerprint density at radius 2 is 1.40 bits per heavy atom. The number of methoxy groups -OCH3 is 2. The monoisotopic (exact) mass is 275 g/mol. The highest BCUT2D eigenvalue weighted by Gasteiger charge is 2.02. The van der Waals surface area contributed by atoms with E-state index in [2.05, 4.69) is 5.32 Å². The van der Waals surface area contributed by atoms with Gasteiger partial charge >= 0.3 is 0 Å². The van der Waals surface area contributed by atoms with E-state index >= 15 is 0 Å². The topological polar surface area (TPSA) is 30.5 Å². The van der Waals surface area contributed by atoms with Crippen molar-refractivity contribution in [2.24, 2.45) is 0 Å². The summed E-state index contributed by atoms with van der Waals surface area (Å²) in [7, 11) is 3.26. The minimum Gasteiger partial charge on any atom is -0.497 e. The quantitative estimate of drug-likeness (QED) is 0.878. The molecule has 0 aliphatic rings. The van der Waals surface area contributed by atoms with Crippen LogP contribution in [-0.4, -0.2) is 14.2 Å². The van der Waals surface area contributed by atoms with Crippen molar-refractivity contribution >= 4 is 0 Å². The lowest BCUT2D eigenvalue weighted by atomic mass is 10.2. The number of ether oxygens (including phenoxy) is 2. The van der Waals surface area contributed by atoms with Crippen LogP contribution >= 0.6 is 0 Å². The Hall–Kier alpha value is -2.07. The maximum atomic E-state index is 12.8. The molecule has 0 unspecified atom stereocenters. The molecule has 0 aliphatic heterocycles. The van der Waals surface area contributed by atoms with E-state index in [9.17, 15) is 4.39 Å². The van der Waals surface area contributed by atoms with Crippen molar-refractivity contribution < 1.29 is 13.9 Å². The Kier molecular flexibility index (Phi) is 4.96. The van der Waals surface area contributed by atoms with E-state index in [4.69, 9.17) is 9.47 Å². The Labute approximate surface area is 118 Å². The molecule has 0 atom stereocenters. The van der Waals surface area contributed by atoms with Crippen molar-refractivity contribution in [3.05, 3.63) is 59.4 Å². The predicted molar refractivity (Wildman–Crippen MR) is 76.5 cm³/mol. The molecule has 0 saturated heterocycles. The van der Waals surface area contributed by atoms with Gasteiger partial charge in [-0.2, -0.15) is 0 Å². The fourth-order valence-electron chi connectivity index (χ4n) is 1.92. The van der Waals surface area contributed by atoms with Crippen LogP contribution in [0.4, 0.5) is 4.39 Å². The first kappa shape index (κ1) is 14.3. The number of nitrogens with one attached hydrogen (secondary N) is 1. The summed E-state index contributed by atoms with van der Waals surface area (Å²) >= 11 is 0. The third-order valence-electron chi connectivity index (χ3n) is 2.98. The first-order chi connectivity index (χ1) is 9.71. The van der Waals surface area contributed by atoms with Crippen LogP contribution in [0.25, 0.3) is 0 Å². The first-order valence-corrected chi connectivity index (χ1v) is 6.38. The van der Waals surface area contributed by atoms with Gasteiger partial charge in [0, 0.05) is 19.2 Å². The van der Waals surface area contributed by atoms with Crippen LogP contribution in [0.15, 0.2) is 42.5 Å². The molecular weight excluding hydrogens is 257 g/mol. The van der Waals surface area contributed by atoms with Crippen LogP contribution in [0.2, 0.25) is 0 Å². The van der Waals surface area contributed by atoms with E-state index in [1.54, 1.807) is 26.4 Å². The van der Waals surface area contributed by atoms with Crippen molar-refractivity contribution in [2.45, 2.75) is 13.1 Å². The molecule has 4 heteroatoms. The van der Waals surface area contributed by atoms with E-state index in [-0.39, 0.29) is 5.82 Å². The third kappa shape index (κ3) is 3.96. The molecule has 20 heavy (non-hydrogen) atoms. The molecule has 0 saturated carbocycles. The smallest absolute Gasteiger partial charge is 0.123 e. The standard InChI is InChI=1S/C16H18FNO2/c1-19-15-7-13(8-16(9-15)20-2)11-18-10-12-3-5-14(17)6-4-12/h3-9,18H,10-11H2,1-2H3. The van der Waals surface area contributed by atoms with Gasteiger partial charge < -0.3 is 14.8 Å². The lowest BCUT2D eigenvalue weighted by Gasteiger charge is -2.09. The van der Waals surface area contributed by atoms with Crippen molar-refractivity contribution in [1.29, 1.82) is 0 Å². The Balaban J connectivity index is 1.94. The average molecular weight is 275 g/mol. The van der Waals surface area contributed by atoms with Crippen molar-refractivity contribution in [2.75, 3.05) is 14.2 Å². The highest BCUT2D eigenvalue weighted by Crippen LogP contribution is 2.22. The zero-order valence-electron chi connectivity index (χ0n) is 11.7. The largest absolute Gasteiger partial charge is 0.497 e. The van der Waals surface area contributed by atoms with Gasteiger partial charge in [0.15, 0.2) is 0 Å². The molecule has 0 aliphatic carbocycles. The van der Waals surface area contributed by atoms with Gasteiger partial charge in [0.2, 0.25) is 0 Å². The summed E-state index contributed by atoms with van der Waals surface area (Å²) < 4.78 is 23.2. The summed E-state index contributed by atoms with van der Waals surface area (Å²) in [6.07, 6.45) is 0. The minimum absolute atomic E-state index is 0.216. The minimum atomic E-state index is -0.216. The van der Waals surface area contributed by atoms with E-state index in [0.717, 1.165) is 22.6 Å². The van der Waals surface area contributed by atoms with Gasteiger partial charge in [0.25, 0.3) is 0 Å². The van der Waals surface area contributed by atoms with Gasteiger partial charge in [-0.1, -0.05) is 12.1 Å². The summed E-state index contributed by atoms with van der Waals surface area (Å²) in [6.45, 7) is 1.37. The molecule has 1 N–H and O–H groups in total. The molecule has 3 nitrogen and oxygen atoms in total. The molecule has 0 heterocycles. The van der Waals surface area contributed by atoms with Gasteiger partial charge in [-0.25, -0.2) is 4.39 Å². The Bertz CT molecular complexity index is 533. The molecule has 2 rings (SSSR count). The predicted octanol–water partition coefficient (Wildman–Crippen LogP) is 3.13. The molecule has 0 fully saturated rings. The maximum absolute atomic E-state index is 12.8. The number of hydrogen-bond donors (Lipinski definition) is 1. The van der Waals surface area contributed by atoms with Gasteiger partial charge in [-0.05, 0) is 35.4 Å². The fourth-order valence-corrected chi connectivity index (χ4v) is 1.92. The summed E-state index contributed by atoms with van der Waals surface area (Å²) in [5, 5.41) is 3.31. The molecule has 0 radical (unpaired) electrons. The fraction of sp³-hybridized carbons (Fsp3) is 0.250. The molecule has 0 spiro atoms. The Morgan fingerprint density at radius 1 is 0.850 bits per heavy atom. The molecule has 106 valence electrons. The van der Waals surface area contributed by atoms with Gasteiger partial charge in [0.1, 0.15) is 17.3 Å². The van der Waals surface area contributed by atoms with Crippen LogP contribution < -0.4 is 14.8 Å². The number of benzene rings is 2. The molecule has 0 bridgehead atoms. The molecule has 0 aromatic heterocycles. The van der Waals surface area contributed by atoms with Crippen LogP contribution in [0.1, 0.15) is 11.1 Å². The van der Waals surface area contributed by atoms with Gasteiger partial charge in [-0.3, -0.25) is 0 Å². The first-order valence-electron chi connectivity index (χ1n) is 6.38. The SMILES string of the molecule is COc1cc(CNCc2ccc(F)cc2)cc(OC)c1. The van der Waals surface area contributed by atoms with E-state index in [1.807, 2.05) is 18.2 Å². The van der Waals surface area contributed by atoms with Crippen LogP contribution in [-0.2, 0) is 13.1 Å². The van der Waals surface area contributed by atoms with Crippen molar-refractivity contribution in [1.82, 2.24) is 5.32 Å². The van der Waals surface area contributed by atoms with Crippen LogP contribution in [0, 0.1) is 5.82 Å². The third-order valence-corrected chi connectivity index (χ3v) is 2.98. The van der Waals surface area contributed by atoms with Crippen molar-refractivity contribution in [3.8, 4) is 11.5 Å². The normalized spacial score (nSPS) is 10.3.